The molecule has 0 bridgehead atoms. The van der Waals surface area contributed by atoms with E-state index in [1.165, 1.54) is 6.92 Å². The summed E-state index contributed by atoms with van der Waals surface area (Å²) in [5.74, 6) is -0.745. The summed E-state index contributed by atoms with van der Waals surface area (Å²) in [6, 6.07) is 6.34. The van der Waals surface area contributed by atoms with Crippen molar-refractivity contribution in [2.45, 2.75) is 39.3 Å². The Morgan fingerprint density at radius 2 is 1.89 bits per heavy atom. The molecule has 1 amide bonds. The van der Waals surface area contributed by atoms with Crippen molar-refractivity contribution in [1.82, 2.24) is 5.32 Å². The van der Waals surface area contributed by atoms with Gasteiger partial charge in [-0.3, -0.25) is 9.59 Å². The number of carboxylic acids is 1. The van der Waals surface area contributed by atoms with E-state index < -0.39 is 12.0 Å². The van der Waals surface area contributed by atoms with Crippen LogP contribution in [0.1, 0.15) is 26.3 Å². The molecular formula is C14H19NO4. The fourth-order valence-electron chi connectivity index (χ4n) is 1.55. The molecule has 0 aromatic heterocycles. The highest BCUT2D eigenvalue weighted by Crippen LogP contribution is 2.19. The maximum absolute atomic E-state index is 11.7. The summed E-state index contributed by atoms with van der Waals surface area (Å²) in [5, 5.41) is 11.1. The highest BCUT2D eigenvalue weighted by Gasteiger charge is 2.15. The van der Waals surface area contributed by atoms with Gasteiger partial charge >= 0.3 is 5.97 Å². The van der Waals surface area contributed by atoms with Crippen molar-refractivity contribution >= 4 is 11.9 Å². The minimum atomic E-state index is -1.06. The van der Waals surface area contributed by atoms with E-state index in [9.17, 15) is 9.59 Å². The molecule has 104 valence electrons. The molecule has 0 saturated carbocycles. The number of carbonyl (C=O) groups is 2. The quantitative estimate of drug-likeness (QED) is 0.819. The van der Waals surface area contributed by atoms with E-state index >= 15 is 0 Å². The third-order valence-corrected chi connectivity index (χ3v) is 2.43. The Kier molecular flexibility index (Phi) is 5.36. The first-order chi connectivity index (χ1) is 8.90. The second kappa shape index (κ2) is 6.78. The second-order valence-electron chi connectivity index (χ2n) is 4.58. The smallest absolute Gasteiger partial charge is 0.325 e. The van der Waals surface area contributed by atoms with Crippen LogP contribution in [-0.4, -0.2) is 29.1 Å². The zero-order valence-corrected chi connectivity index (χ0v) is 11.3. The van der Waals surface area contributed by atoms with E-state index in [0.29, 0.717) is 5.75 Å². The predicted octanol–water partition coefficient (Wildman–Crippen LogP) is 1.61. The molecule has 0 saturated heterocycles. The zero-order valence-electron chi connectivity index (χ0n) is 11.3. The Morgan fingerprint density at radius 3 is 2.47 bits per heavy atom. The molecule has 1 rings (SSSR count). The van der Waals surface area contributed by atoms with Gasteiger partial charge in [0.2, 0.25) is 5.91 Å². The van der Waals surface area contributed by atoms with Gasteiger partial charge in [-0.25, -0.2) is 0 Å². The molecule has 1 aromatic carbocycles. The fraction of sp³-hybridized carbons (Fsp3) is 0.429. The number of hydrogen-bond acceptors (Lipinski definition) is 3. The number of para-hydroxylation sites is 1. The van der Waals surface area contributed by atoms with Crippen LogP contribution in [0, 0.1) is 0 Å². The van der Waals surface area contributed by atoms with Gasteiger partial charge in [0.1, 0.15) is 11.8 Å². The number of amides is 1. The fourth-order valence-corrected chi connectivity index (χ4v) is 1.55. The monoisotopic (exact) mass is 265 g/mol. The molecule has 0 aliphatic rings. The molecule has 0 fully saturated rings. The third kappa shape index (κ3) is 4.99. The number of aliphatic carboxylic acids is 1. The molecule has 5 heteroatoms. The molecular weight excluding hydrogens is 246 g/mol. The predicted molar refractivity (Wildman–Crippen MR) is 71.2 cm³/mol. The van der Waals surface area contributed by atoms with Gasteiger partial charge < -0.3 is 15.2 Å². The van der Waals surface area contributed by atoms with Crippen LogP contribution in [-0.2, 0) is 16.0 Å². The summed E-state index contributed by atoms with van der Waals surface area (Å²) in [5.41, 5.74) is 0.742. The van der Waals surface area contributed by atoms with Gasteiger partial charge in [0.05, 0.1) is 12.5 Å². The van der Waals surface area contributed by atoms with Crippen molar-refractivity contribution in [3.8, 4) is 5.75 Å². The summed E-state index contributed by atoms with van der Waals surface area (Å²) < 4.78 is 5.60. The van der Waals surface area contributed by atoms with Crippen molar-refractivity contribution in [2.24, 2.45) is 0 Å². The largest absolute Gasteiger partial charge is 0.491 e. The van der Waals surface area contributed by atoms with Crippen molar-refractivity contribution in [3.63, 3.8) is 0 Å². The molecule has 0 spiro atoms. The van der Waals surface area contributed by atoms with Crippen LogP contribution in [0.25, 0.3) is 0 Å². The van der Waals surface area contributed by atoms with E-state index in [-0.39, 0.29) is 18.4 Å². The van der Waals surface area contributed by atoms with Crippen molar-refractivity contribution in [1.29, 1.82) is 0 Å². The highest BCUT2D eigenvalue weighted by atomic mass is 16.5. The third-order valence-electron chi connectivity index (χ3n) is 2.43. The highest BCUT2D eigenvalue weighted by molar-refractivity contribution is 5.84. The van der Waals surface area contributed by atoms with E-state index in [0.717, 1.165) is 5.56 Å². The van der Waals surface area contributed by atoms with Gasteiger partial charge in [-0.2, -0.15) is 0 Å². The number of nitrogens with one attached hydrogen (secondary N) is 1. The lowest BCUT2D eigenvalue weighted by Crippen LogP contribution is -2.39. The number of carbonyl (C=O) groups excluding carboxylic acids is 1. The molecule has 0 radical (unpaired) electrons. The van der Waals surface area contributed by atoms with Crippen molar-refractivity contribution < 1.29 is 19.4 Å². The molecule has 5 nitrogen and oxygen atoms in total. The molecule has 1 atom stereocenters. The maximum Gasteiger partial charge on any atom is 0.325 e. The minimum Gasteiger partial charge on any atom is -0.491 e. The average Bonchev–Trinajstić information content (AvgIpc) is 2.30. The van der Waals surface area contributed by atoms with E-state index in [2.05, 4.69) is 5.32 Å². The Balaban J connectivity index is 2.71. The van der Waals surface area contributed by atoms with E-state index in [1.807, 2.05) is 26.0 Å². The molecule has 2 N–H and O–H groups in total. The van der Waals surface area contributed by atoms with Crippen LogP contribution < -0.4 is 10.1 Å². The summed E-state index contributed by atoms with van der Waals surface area (Å²) in [4.78, 5) is 22.4. The van der Waals surface area contributed by atoms with Gasteiger partial charge in [-0.05, 0) is 26.8 Å². The Hall–Kier alpha value is -2.04. The maximum atomic E-state index is 11.7. The molecule has 19 heavy (non-hydrogen) atoms. The first-order valence-corrected chi connectivity index (χ1v) is 6.17. The number of carboxylic acid groups (broad SMARTS) is 1. The topological polar surface area (TPSA) is 75.6 Å². The van der Waals surface area contributed by atoms with Crippen LogP contribution in [0.2, 0.25) is 0 Å². The van der Waals surface area contributed by atoms with Crippen LogP contribution in [0.4, 0.5) is 0 Å². The lowest BCUT2D eigenvalue weighted by molar-refractivity contribution is -0.141. The number of rotatable bonds is 6. The van der Waals surface area contributed by atoms with Gasteiger partial charge in [0.25, 0.3) is 0 Å². The second-order valence-corrected chi connectivity index (χ2v) is 4.58. The summed E-state index contributed by atoms with van der Waals surface area (Å²) in [6.07, 6.45) is 0.114. The Bertz CT molecular complexity index is 457. The van der Waals surface area contributed by atoms with Crippen LogP contribution in [0.15, 0.2) is 24.3 Å². The van der Waals surface area contributed by atoms with Crippen molar-refractivity contribution in [3.05, 3.63) is 29.8 Å². The number of benzene rings is 1. The van der Waals surface area contributed by atoms with Gasteiger partial charge in [-0.15, -0.1) is 0 Å². The van der Waals surface area contributed by atoms with Gasteiger partial charge in [0.15, 0.2) is 0 Å². The SMILES string of the molecule is CC(C)Oc1ccccc1CC(=O)N[C@H](C)C(=O)O. The Morgan fingerprint density at radius 1 is 1.26 bits per heavy atom. The standard InChI is InChI=1S/C14H19NO4/c1-9(2)19-12-7-5-4-6-11(12)8-13(16)15-10(3)14(17)18/h4-7,9-10H,8H2,1-3H3,(H,15,16)(H,17,18)/t10-/m1/s1. The molecule has 0 heterocycles. The molecule has 1 aromatic rings. The summed E-state index contributed by atoms with van der Waals surface area (Å²) in [6.45, 7) is 5.24. The van der Waals surface area contributed by atoms with E-state index in [1.54, 1.807) is 12.1 Å². The van der Waals surface area contributed by atoms with Crippen LogP contribution in [0.3, 0.4) is 0 Å². The number of hydrogen-bond donors (Lipinski definition) is 2. The Labute approximate surface area is 112 Å². The first kappa shape index (κ1) is 15.0. The van der Waals surface area contributed by atoms with Gasteiger partial charge in [0, 0.05) is 5.56 Å². The summed E-state index contributed by atoms with van der Waals surface area (Å²) >= 11 is 0. The molecule has 0 aliphatic carbocycles. The van der Waals surface area contributed by atoms with Gasteiger partial charge in [-0.1, -0.05) is 18.2 Å². The van der Waals surface area contributed by atoms with E-state index in [4.69, 9.17) is 9.84 Å². The first-order valence-electron chi connectivity index (χ1n) is 6.17. The van der Waals surface area contributed by atoms with Crippen molar-refractivity contribution in [2.75, 3.05) is 0 Å². The average molecular weight is 265 g/mol. The molecule has 0 unspecified atom stereocenters. The minimum absolute atomic E-state index is 0.0159. The normalized spacial score (nSPS) is 12.0. The lowest BCUT2D eigenvalue weighted by atomic mass is 10.1. The zero-order chi connectivity index (χ0) is 14.4. The molecule has 0 aliphatic heterocycles. The number of ether oxygens (including phenoxy) is 1. The van der Waals surface area contributed by atoms with Crippen LogP contribution >= 0.6 is 0 Å². The lowest BCUT2D eigenvalue weighted by Gasteiger charge is -2.14. The summed E-state index contributed by atoms with van der Waals surface area (Å²) in [7, 11) is 0. The van der Waals surface area contributed by atoms with Crippen LogP contribution in [0.5, 0.6) is 5.75 Å².